The molecule has 24 heavy (non-hydrogen) atoms. The Bertz CT molecular complexity index is 681. The van der Waals surface area contributed by atoms with Crippen LogP contribution in [-0.2, 0) is 24.3 Å². The summed E-state index contributed by atoms with van der Waals surface area (Å²) in [7, 11) is -3.80. The van der Waals surface area contributed by atoms with Crippen LogP contribution >= 0.6 is 11.3 Å². The van der Waals surface area contributed by atoms with Gasteiger partial charge in [0.1, 0.15) is 10.3 Å². The van der Waals surface area contributed by atoms with Crippen molar-refractivity contribution >= 4 is 33.2 Å². The van der Waals surface area contributed by atoms with E-state index in [1.54, 1.807) is 25.3 Å². The number of carbonyl (C=O) groups excluding carboxylic acids is 2. The quantitative estimate of drug-likeness (QED) is 0.667. The molecule has 1 amide bonds. The van der Waals surface area contributed by atoms with Gasteiger partial charge in [0.25, 0.3) is 15.9 Å². The zero-order chi connectivity index (χ0) is 17.9. The topological polar surface area (TPSA) is 102 Å². The van der Waals surface area contributed by atoms with E-state index in [4.69, 9.17) is 4.74 Å². The summed E-state index contributed by atoms with van der Waals surface area (Å²) in [6, 6.07) is 2.18. The van der Waals surface area contributed by atoms with Crippen LogP contribution in [-0.4, -0.2) is 38.5 Å². The van der Waals surface area contributed by atoms with Crippen LogP contribution in [0.2, 0.25) is 0 Å². The number of amides is 1. The summed E-state index contributed by atoms with van der Waals surface area (Å²) >= 11 is 1.06. The molecule has 2 rings (SSSR count). The molecule has 1 fully saturated rings. The predicted octanol–water partition coefficient (Wildman–Crippen LogP) is 1.26. The van der Waals surface area contributed by atoms with Crippen molar-refractivity contribution in [1.82, 2.24) is 10.0 Å². The average molecular weight is 374 g/mol. The van der Waals surface area contributed by atoms with Crippen LogP contribution in [0, 0.1) is 5.92 Å². The highest BCUT2D eigenvalue weighted by molar-refractivity contribution is 7.91. The smallest absolute Gasteiger partial charge is 0.325 e. The third-order valence-electron chi connectivity index (χ3n) is 3.55. The Morgan fingerprint density at radius 3 is 2.46 bits per heavy atom. The van der Waals surface area contributed by atoms with Gasteiger partial charge in [0.05, 0.1) is 0 Å². The van der Waals surface area contributed by atoms with Gasteiger partial charge in [-0.2, -0.15) is 4.72 Å². The Labute approximate surface area is 145 Å². The maximum atomic E-state index is 12.3. The highest BCUT2D eigenvalue weighted by Crippen LogP contribution is 2.20. The third-order valence-corrected chi connectivity index (χ3v) is 6.39. The fourth-order valence-electron chi connectivity index (χ4n) is 1.95. The summed E-state index contributed by atoms with van der Waals surface area (Å²) in [4.78, 5) is 24.2. The van der Waals surface area contributed by atoms with E-state index < -0.39 is 28.1 Å². The van der Waals surface area contributed by atoms with Crippen LogP contribution in [0.25, 0.3) is 0 Å². The lowest BCUT2D eigenvalue weighted by atomic mass is 10.1. The van der Waals surface area contributed by atoms with Gasteiger partial charge in [-0.1, -0.05) is 19.9 Å². The van der Waals surface area contributed by atoms with Crippen LogP contribution in [0.15, 0.2) is 21.7 Å². The standard InChI is InChI=1S/C15H22N2O5S2/c1-9(2)13(17-24(20,21)12-5-4-8-23-12)15(19)22-10(3)14(18)16-11-6-7-11/h4-5,8-11,13,17H,6-7H2,1-3H3,(H,16,18)/t10-,13+/m1/s1. The second-order valence-electron chi connectivity index (χ2n) is 6.14. The minimum atomic E-state index is -3.80. The van der Waals surface area contributed by atoms with Crippen LogP contribution in [0.1, 0.15) is 33.6 Å². The Hall–Kier alpha value is -1.45. The molecule has 1 aliphatic rings. The van der Waals surface area contributed by atoms with Gasteiger partial charge in [-0.05, 0) is 37.1 Å². The molecule has 134 valence electrons. The lowest BCUT2D eigenvalue weighted by molar-refractivity contribution is -0.157. The van der Waals surface area contributed by atoms with Crippen molar-refractivity contribution in [3.8, 4) is 0 Å². The summed E-state index contributed by atoms with van der Waals surface area (Å²) < 4.78 is 32.2. The van der Waals surface area contributed by atoms with E-state index in [9.17, 15) is 18.0 Å². The van der Waals surface area contributed by atoms with Crippen molar-refractivity contribution in [3.63, 3.8) is 0 Å². The van der Waals surface area contributed by atoms with Crippen molar-refractivity contribution in [3.05, 3.63) is 17.5 Å². The molecule has 0 saturated heterocycles. The first kappa shape index (κ1) is 18.9. The number of hydrogen-bond donors (Lipinski definition) is 2. The van der Waals surface area contributed by atoms with E-state index in [-0.39, 0.29) is 22.1 Å². The average Bonchev–Trinajstić information content (AvgIpc) is 3.13. The fraction of sp³-hybridized carbons (Fsp3) is 0.600. The van der Waals surface area contributed by atoms with E-state index in [1.165, 1.54) is 13.0 Å². The SMILES string of the molecule is CC(C)[C@H](NS(=O)(=O)c1cccs1)C(=O)O[C@H](C)C(=O)NC1CC1. The lowest BCUT2D eigenvalue weighted by Gasteiger charge is -2.22. The van der Waals surface area contributed by atoms with E-state index in [2.05, 4.69) is 10.0 Å². The van der Waals surface area contributed by atoms with Gasteiger partial charge in [0.2, 0.25) is 0 Å². The first-order chi connectivity index (χ1) is 11.2. The molecule has 0 aromatic carbocycles. The van der Waals surface area contributed by atoms with E-state index in [1.807, 2.05) is 0 Å². The molecular formula is C15H22N2O5S2. The van der Waals surface area contributed by atoms with Crippen LogP contribution in [0.4, 0.5) is 0 Å². The molecule has 0 unspecified atom stereocenters. The Kier molecular flexibility index (Phi) is 6.00. The minimum absolute atomic E-state index is 0.125. The fourth-order valence-corrected chi connectivity index (χ4v) is 4.29. The number of nitrogens with one attached hydrogen (secondary N) is 2. The number of hydrogen-bond acceptors (Lipinski definition) is 6. The molecule has 1 aliphatic carbocycles. The number of sulfonamides is 1. The summed E-state index contributed by atoms with van der Waals surface area (Å²) in [5.74, 6) is -1.45. The molecule has 1 heterocycles. The summed E-state index contributed by atoms with van der Waals surface area (Å²) in [5.41, 5.74) is 0. The molecule has 0 aliphatic heterocycles. The first-order valence-electron chi connectivity index (χ1n) is 7.77. The predicted molar refractivity (Wildman–Crippen MR) is 90.0 cm³/mol. The van der Waals surface area contributed by atoms with E-state index >= 15 is 0 Å². The summed E-state index contributed by atoms with van der Waals surface area (Å²) in [6.07, 6.45) is 0.897. The van der Waals surface area contributed by atoms with Gasteiger partial charge >= 0.3 is 5.97 Å². The molecule has 1 aromatic heterocycles. The highest BCUT2D eigenvalue weighted by atomic mass is 32.2. The molecule has 9 heteroatoms. The first-order valence-corrected chi connectivity index (χ1v) is 10.1. The molecule has 0 bridgehead atoms. The maximum absolute atomic E-state index is 12.3. The molecule has 2 atom stereocenters. The normalized spacial score (nSPS) is 17.3. The number of esters is 1. The molecular weight excluding hydrogens is 352 g/mol. The van der Waals surface area contributed by atoms with Gasteiger partial charge < -0.3 is 10.1 Å². The minimum Gasteiger partial charge on any atom is -0.451 e. The van der Waals surface area contributed by atoms with Gasteiger partial charge in [-0.25, -0.2) is 8.42 Å². The Morgan fingerprint density at radius 1 is 1.29 bits per heavy atom. The van der Waals surface area contributed by atoms with Crippen molar-refractivity contribution in [2.75, 3.05) is 0 Å². The van der Waals surface area contributed by atoms with Crippen molar-refractivity contribution in [1.29, 1.82) is 0 Å². The van der Waals surface area contributed by atoms with Gasteiger partial charge in [-0.15, -0.1) is 11.3 Å². The van der Waals surface area contributed by atoms with Gasteiger partial charge in [-0.3, -0.25) is 9.59 Å². The number of ether oxygens (including phenoxy) is 1. The molecule has 0 radical (unpaired) electrons. The molecule has 1 saturated carbocycles. The van der Waals surface area contributed by atoms with Gasteiger partial charge in [0.15, 0.2) is 6.10 Å². The largest absolute Gasteiger partial charge is 0.451 e. The number of thiophene rings is 1. The molecule has 0 spiro atoms. The second kappa shape index (κ2) is 7.62. The highest BCUT2D eigenvalue weighted by Gasteiger charge is 2.33. The summed E-state index contributed by atoms with van der Waals surface area (Å²) in [6.45, 7) is 4.89. The van der Waals surface area contributed by atoms with Crippen molar-refractivity contribution < 1.29 is 22.7 Å². The lowest BCUT2D eigenvalue weighted by Crippen LogP contribution is -2.47. The second-order valence-corrected chi connectivity index (χ2v) is 9.03. The van der Waals surface area contributed by atoms with Crippen molar-refractivity contribution in [2.45, 2.75) is 56.0 Å². The monoisotopic (exact) mass is 374 g/mol. The Morgan fingerprint density at radius 2 is 1.96 bits per heavy atom. The maximum Gasteiger partial charge on any atom is 0.325 e. The molecule has 2 N–H and O–H groups in total. The molecule has 7 nitrogen and oxygen atoms in total. The number of carbonyl (C=O) groups is 2. The third kappa shape index (κ3) is 5.02. The Balaban J connectivity index is 2.01. The van der Waals surface area contributed by atoms with Crippen molar-refractivity contribution in [2.24, 2.45) is 5.92 Å². The van der Waals surface area contributed by atoms with Crippen LogP contribution in [0.5, 0.6) is 0 Å². The van der Waals surface area contributed by atoms with Gasteiger partial charge in [0, 0.05) is 6.04 Å². The van der Waals surface area contributed by atoms with Crippen LogP contribution in [0.3, 0.4) is 0 Å². The van der Waals surface area contributed by atoms with Crippen LogP contribution < -0.4 is 10.0 Å². The van der Waals surface area contributed by atoms with E-state index in [0.717, 1.165) is 24.2 Å². The number of rotatable bonds is 8. The zero-order valence-corrected chi connectivity index (χ0v) is 15.4. The summed E-state index contributed by atoms with van der Waals surface area (Å²) in [5, 5.41) is 4.39. The molecule has 1 aromatic rings. The zero-order valence-electron chi connectivity index (χ0n) is 13.8. The van der Waals surface area contributed by atoms with E-state index in [0.29, 0.717) is 0 Å².